The number of sulfone groups is 1. The molecular weight excluding hydrogens is 412 g/mol. The van der Waals surface area contributed by atoms with Gasteiger partial charge >= 0.3 is 0 Å². The van der Waals surface area contributed by atoms with Crippen molar-refractivity contribution in [2.75, 3.05) is 6.26 Å². The van der Waals surface area contributed by atoms with Crippen molar-refractivity contribution in [3.05, 3.63) is 95.7 Å². The molecule has 2 N–H and O–H groups in total. The van der Waals surface area contributed by atoms with Crippen molar-refractivity contribution in [1.29, 1.82) is 0 Å². The first kappa shape index (κ1) is 20.7. The number of amides is 1. The van der Waals surface area contributed by atoms with Crippen LogP contribution in [0.15, 0.2) is 83.8 Å². The lowest BCUT2D eigenvalue weighted by Crippen LogP contribution is -2.23. The third-order valence-electron chi connectivity index (χ3n) is 4.89. The van der Waals surface area contributed by atoms with Crippen LogP contribution in [0.25, 0.3) is 10.9 Å². The van der Waals surface area contributed by atoms with Crippen molar-refractivity contribution in [2.45, 2.75) is 18.0 Å². The minimum atomic E-state index is -3.23. The number of benzene rings is 3. The van der Waals surface area contributed by atoms with Crippen LogP contribution in [0.5, 0.6) is 5.75 Å². The highest BCUT2D eigenvalue weighted by Crippen LogP contribution is 2.22. The quantitative estimate of drug-likeness (QED) is 0.459. The van der Waals surface area contributed by atoms with E-state index in [0.29, 0.717) is 18.8 Å². The summed E-state index contributed by atoms with van der Waals surface area (Å²) < 4.78 is 28.9. The number of rotatable bonds is 7. The van der Waals surface area contributed by atoms with E-state index in [1.807, 2.05) is 48.5 Å². The summed E-state index contributed by atoms with van der Waals surface area (Å²) in [5.74, 6) is 0.478. The second-order valence-corrected chi connectivity index (χ2v) is 9.32. The van der Waals surface area contributed by atoms with Crippen molar-refractivity contribution < 1.29 is 17.9 Å². The highest BCUT2D eigenvalue weighted by atomic mass is 32.2. The Morgan fingerprint density at radius 1 is 0.935 bits per heavy atom. The molecule has 0 aliphatic heterocycles. The minimum absolute atomic E-state index is 0.241. The van der Waals surface area contributed by atoms with Crippen molar-refractivity contribution in [1.82, 2.24) is 10.3 Å². The maximum absolute atomic E-state index is 12.5. The molecule has 0 aliphatic rings. The minimum Gasteiger partial charge on any atom is -0.489 e. The monoisotopic (exact) mass is 434 g/mol. The molecule has 0 fully saturated rings. The second kappa shape index (κ2) is 8.65. The summed E-state index contributed by atoms with van der Waals surface area (Å²) in [5.41, 5.74) is 3.16. The van der Waals surface area contributed by atoms with E-state index < -0.39 is 9.84 Å². The van der Waals surface area contributed by atoms with Gasteiger partial charge in [0.05, 0.1) is 4.90 Å². The van der Waals surface area contributed by atoms with Crippen LogP contribution in [-0.2, 0) is 23.0 Å². The van der Waals surface area contributed by atoms with Gasteiger partial charge in [-0.3, -0.25) is 4.79 Å². The summed E-state index contributed by atoms with van der Waals surface area (Å²) >= 11 is 0. The average Bonchev–Trinajstić information content (AvgIpc) is 3.20. The molecule has 0 saturated heterocycles. The highest BCUT2D eigenvalue weighted by Gasteiger charge is 2.11. The molecule has 31 heavy (non-hydrogen) atoms. The fraction of sp³-hybridized carbons (Fsp3) is 0.125. The number of aromatic nitrogens is 1. The first-order chi connectivity index (χ1) is 14.9. The molecule has 0 atom stereocenters. The summed E-state index contributed by atoms with van der Waals surface area (Å²) in [7, 11) is -3.23. The fourth-order valence-corrected chi connectivity index (χ4v) is 3.82. The van der Waals surface area contributed by atoms with E-state index in [1.165, 1.54) is 12.1 Å². The summed E-state index contributed by atoms with van der Waals surface area (Å²) in [6.45, 7) is 0.766. The van der Waals surface area contributed by atoms with Crippen LogP contribution in [0.1, 0.15) is 21.6 Å². The first-order valence-electron chi connectivity index (χ1n) is 9.75. The third-order valence-corrected chi connectivity index (χ3v) is 6.02. The van der Waals surface area contributed by atoms with E-state index in [2.05, 4.69) is 10.3 Å². The van der Waals surface area contributed by atoms with Gasteiger partial charge in [-0.05, 0) is 41.5 Å². The number of fused-ring (bicyclic) bond motifs is 1. The van der Waals surface area contributed by atoms with E-state index >= 15 is 0 Å². The first-order valence-corrected chi connectivity index (χ1v) is 11.6. The van der Waals surface area contributed by atoms with Crippen LogP contribution >= 0.6 is 0 Å². The summed E-state index contributed by atoms with van der Waals surface area (Å²) in [6.07, 6.45) is 1.16. The van der Waals surface area contributed by atoms with Crippen LogP contribution in [0.3, 0.4) is 0 Å². The number of carbonyl (C=O) groups excluding carboxylic acids is 1. The van der Waals surface area contributed by atoms with Crippen molar-refractivity contribution in [3.8, 4) is 5.75 Å². The molecule has 4 rings (SSSR count). The predicted molar refractivity (Wildman–Crippen MR) is 120 cm³/mol. The van der Waals surface area contributed by atoms with Gasteiger partial charge in [0, 0.05) is 29.8 Å². The molecule has 4 aromatic rings. The molecule has 1 amide bonds. The van der Waals surface area contributed by atoms with Gasteiger partial charge < -0.3 is 15.0 Å². The number of aromatic amines is 1. The number of hydrogen-bond donors (Lipinski definition) is 2. The fourth-order valence-electron chi connectivity index (χ4n) is 3.19. The van der Waals surface area contributed by atoms with Crippen LogP contribution in [-0.4, -0.2) is 25.6 Å². The van der Waals surface area contributed by atoms with Crippen LogP contribution in [0.4, 0.5) is 0 Å². The Balaban J connectivity index is 1.40. The van der Waals surface area contributed by atoms with E-state index in [-0.39, 0.29) is 10.8 Å². The summed E-state index contributed by atoms with van der Waals surface area (Å²) in [6, 6.07) is 23.8. The summed E-state index contributed by atoms with van der Waals surface area (Å²) in [5, 5.41) is 3.76. The van der Waals surface area contributed by atoms with E-state index in [1.54, 1.807) is 18.2 Å². The smallest absolute Gasteiger partial charge is 0.267 e. The lowest BCUT2D eigenvalue weighted by atomic mass is 10.2. The van der Waals surface area contributed by atoms with Gasteiger partial charge in [-0.1, -0.05) is 42.5 Å². The second-order valence-electron chi connectivity index (χ2n) is 7.31. The van der Waals surface area contributed by atoms with Gasteiger partial charge in [0.2, 0.25) is 0 Å². The standard InChI is InChI=1S/C24H22N2O4S/c1-31(28,29)21-11-7-17(8-12-21)15-25-24(27)23-13-19-9-10-20(14-22(19)26-23)30-16-18-5-3-2-4-6-18/h2-14,26H,15-16H2,1H3,(H,25,27). The molecule has 1 aromatic heterocycles. The molecule has 3 aromatic carbocycles. The van der Waals surface area contributed by atoms with Crippen LogP contribution < -0.4 is 10.1 Å². The zero-order valence-electron chi connectivity index (χ0n) is 17.0. The van der Waals surface area contributed by atoms with Gasteiger partial charge in [-0.25, -0.2) is 8.42 Å². The Bertz CT molecular complexity index is 1310. The van der Waals surface area contributed by atoms with Gasteiger partial charge in [-0.2, -0.15) is 0 Å². The zero-order chi connectivity index (χ0) is 21.8. The van der Waals surface area contributed by atoms with Crippen LogP contribution in [0.2, 0.25) is 0 Å². The topological polar surface area (TPSA) is 88.3 Å². The lowest BCUT2D eigenvalue weighted by Gasteiger charge is -2.06. The Hall–Kier alpha value is -3.58. The Kier molecular flexibility index (Phi) is 5.77. The predicted octanol–water partition coefficient (Wildman–Crippen LogP) is 4.08. The molecule has 6 nitrogen and oxygen atoms in total. The molecule has 0 unspecified atom stereocenters. The average molecular weight is 435 g/mol. The number of hydrogen-bond acceptors (Lipinski definition) is 4. The lowest BCUT2D eigenvalue weighted by molar-refractivity contribution is 0.0946. The van der Waals surface area contributed by atoms with Crippen molar-refractivity contribution >= 4 is 26.6 Å². The number of nitrogens with one attached hydrogen (secondary N) is 2. The maximum Gasteiger partial charge on any atom is 0.267 e. The Labute approximate surface area is 180 Å². The largest absolute Gasteiger partial charge is 0.489 e. The van der Waals surface area contributed by atoms with Gasteiger partial charge in [-0.15, -0.1) is 0 Å². The van der Waals surface area contributed by atoms with E-state index in [4.69, 9.17) is 4.74 Å². The molecule has 0 radical (unpaired) electrons. The SMILES string of the molecule is CS(=O)(=O)c1ccc(CNC(=O)c2cc3ccc(OCc4ccccc4)cc3[nH]2)cc1. The van der Waals surface area contributed by atoms with E-state index in [9.17, 15) is 13.2 Å². The zero-order valence-corrected chi connectivity index (χ0v) is 17.8. The number of H-pyrrole nitrogens is 1. The van der Waals surface area contributed by atoms with Gasteiger partial charge in [0.1, 0.15) is 18.1 Å². The Morgan fingerprint density at radius 3 is 2.39 bits per heavy atom. The number of carbonyl (C=O) groups is 1. The maximum atomic E-state index is 12.5. The molecule has 0 saturated carbocycles. The van der Waals surface area contributed by atoms with Crippen LogP contribution in [0, 0.1) is 0 Å². The number of ether oxygens (including phenoxy) is 1. The Morgan fingerprint density at radius 2 is 1.68 bits per heavy atom. The molecule has 0 aliphatic carbocycles. The van der Waals surface area contributed by atoms with Gasteiger partial charge in [0.15, 0.2) is 9.84 Å². The normalized spacial score (nSPS) is 11.4. The molecule has 0 spiro atoms. The molecule has 7 heteroatoms. The molecule has 158 valence electrons. The third kappa shape index (κ3) is 5.13. The molecule has 0 bridgehead atoms. The molecule has 1 heterocycles. The van der Waals surface area contributed by atoms with Crippen molar-refractivity contribution in [3.63, 3.8) is 0 Å². The summed E-state index contributed by atoms with van der Waals surface area (Å²) in [4.78, 5) is 15.9. The van der Waals surface area contributed by atoms with E-state index in [0.717, 1.165) is 34.0 Å². The van der Waals surface area contributed by atoms with Gasteiger partial charge in [0.25, 0.3) is 5.91 Å². The van der Waals surface area contributed by atoms with Crippen molar-refractivity contribution in [2.24, 2.45) is 0 Å². The molecular formula is C24H22N2O4S. The highest BCUT2D eigenvalue weighted by molar-refractivity contribution is 7.90.